The molecule has 0 fully saturated rings. The van der Waals surface area contributed by atoms with Crippen molar-refractivity contribution >= 4 is 57.0 Å². The molecule has 0 saturated heterocycles. The second kappa shape index (κ2) is 8.87. The van der Waals surface area contributed by atoms with E-state index in [0.29, 0.717) is 33.3 Å². The fraction of sp³-hybridized carbons (Fsp3) is 0.103. The summed E-state index contributed by atoms with van der Waals surface area (Å²) in [7, 11) is 0. The Morgan fingerprint density at radius 3 is 2.20 bits per heavy atom. The molecule has 3 heterocycles. The van der Waals surface area contributed by atoms with Crippen LogP contribution in [-0.4, -0.2) is 27.8 Å². The monoisotopic (exact) mass is 515 g/mol. The van der Waals surface area contributed by atoms with Crippen molar-refractivity contribution in [2.24, 2.45) is 0 Å². The molecule has 0 unspecified atom stereocenters. The lowest BCUT2D eigenvalue weighted by Gasteiger charge is -2.42. The Morgan fingerprint density at radius 1 is 0.857 bits per heavy atom. The Bertz CT molecular complexity index is 1440. The average molecular weight is 516 g/mol. The van der Waals surface area contributed by atoms with Crippen LogP contribution < -0.4 is 0 Å². The minimum atomic E-state index is -0.382. The summed E-state index contributed by atoms with van der Waals surface area (Å²) < 4.78 is 0. The van der Waals surface area contributed by atoms with Crippen LogP contribution in [0.2, 0.25) is 10.0 Å². The number of carbonyl (C=O) groups is 2. The van der Waals surface area contributed by atoms with Crippen LogP contribution in [0.1, 0.15) is 27.9 Å². The molecule has 0 saturated carbocycles. The first-order valence-electron chi connectivity index (χ1n) is 11.3. The molecule has 6 heteroatoms. The largest absolute Gasteiger partial charge is 0.332 e. The molecule has 0 aliphatic carbocycles. The van der Waals surface area contributed by atoms with Crippen LogP contribution in [0, 0.1) is 0 Å². The molecule has 2 atom stereocenters. The number of benzene rings is 3. The van der Waals surface area contributed by atoms with Crippen LogP contribution in [-0.2, 0) is 4.79 Å². The highest BCUT2D eigenvalue weighted by Crippen LogP contribution is 2.53. The summed E-state index contributed by atoms with van der Waals surface area (Å²) in [5.74, 6) is 0.00815. The van der Waals surface area contributed by atoms with Crippen molar-refractivity contribution in [3.05, 3.63) is 129 Å². The topological polar surface area (TPSA) is 37.4 Å². The maximum absolute atomic E-state index is 14.0. The standard InChI is InChI=1S/C29H19Cl2NO2S/c30-20-13-9-17(10-14-20)24-22-7-4-8-23-29(26(33)18-11-15-21(31)16-12-18)35-28(19-5-2-1-3-6-19)25(27(24)34)32(22)23/h1-7,9-16,23,29H,8H2/t23-,29+/m0/s1. The van der Waals surface area contributed by atoms with Crippen molar-refractivity contribution in [2.75, 3.05) is 0 Å². The van der Waals surface area contributed by atoms with Crippen LogP contribution in [0.15, 0.2) is 102 Å². The summed E-state index contributed by atoms with van der Waals surface area (Å²) in [6.45, 7) is 0. The lowest BCUT2D eigenvalue weighted by molar-refractivity contribution is -0.111. The van der Waals surface area contributed by atoms with E-state index in [-0.39, 0.29) is 22.9 Å². The molecule has 0 spiro atoms. The average Bonchev–Trinajstić information content (AvgIpc) is 3.19. The van der Waals surface area contributed by atoms with Crippen LogP contribution >= 0.6 is 35.0 Å². The third-order valence-electron chi connectivity index (χ3n) is 6.55. The normalized spacial score (nSPS) is 21.0. The Balaban J connectivity index is 1.54. The summed E-state index contributed by atoms with van der Waals surface area (Å²) >= 11 is 13.7. The van der Waals surface area contributed by atoms with E-state index in [1.165, 1.54) is 11.8 Å². The number of halogens is 2. The smallest absolute Gasteiger partial charge is 0.213 e. The lowest BCUT2D eigenvalue weighted by Crippen LogP contribution is -2.47. The molecular formula is C29H19Cl2NO2S. The van der Waals surface area contributed by atoms with Gasteiger partial charge in [-0.05, 0) is 60.0 Å². The molecule has 3 aliphatic rings. The Morgan fingerprint density at radius 2 is 1.51 bits per heavy atom. The number of allylic oxidation sites excluding steroid dienone is 2. The van der Waals surface area contributed by atoms with E-state index in [4.69, 9.17) is 23.2 Å². The van der Waals surface area contributed by atoms with Gasteiger partial charge in [0.2, 0.25) is 5.78 Å². The first-order chi connectivity index (χ1) is 17.0. The number of carbonyl (C=O) groups excluding carboxylic acids is 2. The summed E-state index contributed by atoms with van der Waals surface area (Å²) in [5, 5.41) is 0.828. The molecule has 0 radical (unpaired) electrons. The molecular weight excluding hydrogens is 497 g/mol. The fourth-order valence-electron chi connectivity index (χ4n) is 4.95. The molecule has 3 aromatic rings. The van der Waals surface area contributed by atoms with E-state index >= 15 is 0 Å². The highest BCUT2D eigenvalue weighted by atomic mass is 35.5. The van der Waals surface area contributed by atoms with E-state index in [0.717, 1.165) is 21.7 Å². The molecule has 0 amide bonds. The van der Waals surface area contributed by atoms with Gasteiger partial charge in [-0.2, -0.15) is 0 Å². The molecule has 0 aromatic heterocycles. The van der Waals surface area contributed by atoms with E-state index in [1.807, 2.05) is 48.5 Å². The first-order valence-corrected chi connectivity index (χ1v) is 12.9. The van der Waals surface area contributed by atoms with Gasteiger partial charge in [0.25, 0.3) is 0 Å². The molecule has 35 heavy (non-hydrogen) atoms. The van der Waals surface area contributed by atoms with Gasteiger partial charge in [-0.1, -0.05) is 71.7 Å². The van der Waals surface area contributed by atoms with E-state index in [1.54, 1.807) is 36.4 Å². The summed E-state index contributed by atoms with van der Waals surface area (Å²) in [6, 6.07) is 24.1. The number of rotatable bonds is 4. The van der Waals surface area contributed by atoms with Crippen molar-refractivity contribution in [2.45, 2.75) is 17.7 Å². The third kappa shape index (κ3) is 3.77. The number of hydrogen-bond acceptors (Lipinski definition) is 4. The summed E-state index contributed by atoms with van der Waals surface area (Å²) in [6.07, 6.45) is 4.75. The second-order valence-electron chi connectivity index (χ2n) is 8.63. The third-order valence-corrected chi connectivity index (χ3v) is 8.50. The van der Waals surface area contributed by atoms with Gasteiger partial charge in [0.1, 0.15) is 5.70 Å². The van der Waals surface area contributed by atoms with Crippen molar-refractivity contribution in [1.82, 2.24) is 4.90 Å². The predicted octanol–water partition coefficient (Wildman–Crippen LogP) is 7.28. The quantitative estimate of drug-likeness (QED) is 0.342. The number of Topliss-reactive ketones (excluding diaryl/α,β-unsaturated/α-hetero) is 2. The zero-order valence-corrected chi connectivity index (χ0v) is 20.8. The maximum atomic E-state index is 14.0. The Kier molecular flexibility index (Phi) is 5.68. The van der Waals surface area contributed by atoms with E-state index < -0.39 is 0 Å². The molecule has 3 nitrogen and oxygen atoms in total. The van der Waals surface area contributed by atoms with Crippen LogP contribution in [0.25, 0.3) is 10.5 Å². The first kappa shape index (κ1) is 22.4. The Hall–Kier alpha value is -3.05. The van der Waals surface area contributed by atoms with Crippen molar-refractivity contribution < 1.29 is 9.59 Å². The van der Waals surface area contributed by atoms with Crippen LogP contribution in [0.4, 0.5) is 0 Å². The van der Waals surface area contributed by atoms with Gasteiger partial charge in [-0.15, -0.1) is 11.8 Å². The highest BCUT2D eigenvalue weighted by molar-refractivity contribution is 8.09. The van der Waals surface area contributed by atoms with Gasteiger partial charge >= 0.3 is 0 Å². The molecule has 0 N–H and O–H groups in total. The van der Waals surface area contributed by atoms with Crippen LogP contribution in [0.5, 0.6) is 0 Å². The lowest BCUT2D eigenvalue weighted by atomic mass is 9.95. The zero-order chi connectivity index (χ0) is 24.1. The van der Waals surface area contributed by atoms with Gasteiger partial charge in [-0.25, -0.2) is 0 Å². The molecule has 172 valence electrons. The van der Waals surface area contributed by atoms with Crippen molar-refractivity contribution in [1.29, 1.82) is 0 Å². The molecule has 3 aliphatic heterocycles. The number of nitrogens with zero attached hydrogens (tertiary/aromatic N) is 1. The predicted molar refractivity (Wildman–Crippen MR) is 143 cm³/mol. The number of thioether (sulfide) groups is 1. The van der Waals surface area contributed by atoms with Gasteiger partial charge in [-0.3, -0.25) is 9.59 Å². The summed E-state index contributed by atoms with van der Waals surface area (Å²) in [4.78, 5) is 30.7. The van der Waals surface area contributed by atoms with Gasteiger partial charge in [0, 0.05) is 20.5 Å². The van der Waals surface area contributed by atoms with Crippen molar-refractivity contribution in [3.63, 3.8) is 0 Å². The zero-order valence-electron chi connectivity index (χ0n) is 18.4. The number of hydrogen-bond donors (Lipinski definition) is 0. The molecule has 0 bridgehead atoms. The SMILES string of the molecule is O=C1C(c2ccc(Cl)cc2)=C2C=CC[C@H]3[C@H](C(=O)c4ccc(Cl)cc4)SC(c4ccccc4)=C1N23. The Labute approximate surface area is 217 Å². The highest BCUT2D eigenvalue weighted by Gasteiger charge is 2.49. The molecule has 3 aromatic carbocycles. The van der Waals surface area contributed by atoms with Gasteiger partial charge < -0.3 is 4.90 Å². The fourth-order valence-corrected chi connectivity index (χ4v) is 6.66. The van der Waals surface area contributed by atoms with Gasteiger partial charge in [0.15, 0.2) is 5.78 Å². The van der Waals surface area contributed by atoms with E-state index in [9.17, 15) is 9.59 Å². The second-order valence-corrected chi connectivity index (χ2v) is 10.6. The van der Waals surface area contributed by atoms with Crippen molar-refractivity contribution in [3.8, 4) is 0 Å². The summed E-state index contributed by atoms with van der Waals surface area (Å²) in [5.41, 5.74) is 4.50. The van der Waals surface area contributed by atoms with Gasteiger partial charge in [0.05, 0.1) is 22.6 Å². The minimum absolute atomic E-state index is 0.0254. The van der Waals surface area contributed by atoms with E-state index in [2.05, 4.69) is 11.0 Å². The molecule has 6 rings (SSSR count). The number of ketones is 2. The van der Waals surface area contributed by atoms with Crippen LogP contribution in [0.3, 0.4) is 0 Å². The maximum Gasteiger partial charge on any atom is 0.213 e. The minimum Gasteiger partial charge on any atom is -0.332 e.